The van der Waals surface area contributed by atoms with Gasteiger partial charge in [0.05, 0.1) is 11.6 Å². The van der Waals surface area contributed by atoms with Crippen molar-refractivity contribution in [1.29, 1.82) is 0 Å². The topological polar surface area (TPSA) is 56.5 Å². The van der Waals surface area contributed by atoms with Gasteiger partial charge in [-0.25, -0.2) is 19.9 Å². The van der Waals surface area contributed by atoms with Crippen molar-refractivity contribution >= 4 is 23.2 Å². The Morgan fingerprint density at radius 1 is 1.00 bits per heavy atom. The predicted octanol–water partition coefficient (Wildman–Crippen LogP) is 4.11. The van der Waals surface area contributed by atoms with Crippen LogP contribution in [0.5, 0.6) is 0 Å². The second-order valence-corrected chi connectivity index (χ2v) is 5.59. The molecule has 3 aromatic rings. The third-order valence-electron chi connectivity index (χ3n) is 3.04. The molecule has 0 bridgehead atoms. The van der Waals surface area contributed by atoms with E-state index in [4.69, 9.17) is 23.2 Å². The minimum Gasteiger partial charge on any atom is -0.323 e. The average molecular weight is 374 g/mol. The molecule has 3 rings (SSSR count). The second kappa shape index (κ2) is 6.37. The zero-order valence-corrected chi connectivity index (χ0v) is 13.3. The van der Waals surface area contributed by atoms with Crippen LogP contribution < -0.4 is 0 Å². The highest BCUT2D eigenvalue weighted by Crippen LogP contribution is 2.31. The summed E-state index contributed by atoms with van der Waals surface area (Å²) in [4.78, 5) is 15.5. The molecule has 0 N–H and O–H groups in total. The van der Waals surface area contributed by atoms with Gasteiger partial charge in [-0.05, 0) is 12.1 Å². The molecule has 0 unspecified atom stereocenters. The third-order valence-corrected chi connectivity index (χ3v) is 3.46. The maximum Gasteiger partial charge on any atom is 0.434 e. The van der Waals surface area contributed by atoms with Gasteiger partial charge in [0.2, 0.25) is 0 Å². The Hall–Kier alpha value is -2.19. The number of rotatable bonds is 3. The Balaban J connectivity index is 2.04. The molecule has 0 aromatic carbocycles. The summed E-state index contributed by atoms with van der Waals surface area (Å²) in [5.74, 6) is 0.388. The molecule has 0 saturated carbocycles. The Morgan fingerprint density at radius 2 is 1.71 bits per heavy atom. The molecule has 10 heteroatoms. The number of nitrogens with zero attached hydrogens (tertiary/aromatic N) is 5. The number of halogens is 5. The fourth-order valence-electron chi connectivity index (χ4n) is 1.98. The summed E-state index contributed by atoms with van der Waals surface area (Å²) in [7, 11) is 0. The highest BCUT2D eigenvalue weighted by Gasteiger charge is 2.35. The molecule has 0 saturated heterocycles. The molecule has 3 aromatic heterocycles. The molecule has 3 heterocycles. The molecule has 0 atom stereocenters. The van der Waals surface area contributed by atoms with Crippen LogP contribution in [0.1, 0.15) is 11.5 Å². The molecular weight excluding hydrogens is 366 g/mol. The molecule has 24 heavy (non-hydrogen) atoms. The predicted molar refractivity (Wildman–Crippen MR) is 81.6 cm³/mol. The van der Waals surface area contributed by atoms with E-state index in [0.29, 0.717) is 16.4 Å². The Kier molecular flexibility index (Phi) is 4.42. The van der Waals surface area contributed by atoms with Crippen LogP contribution in [0.15, 0.2) is 36.9 Å². The number of alkyl halides is 3. The van der Waals surface area contributed by atoms with Crippen molar-refractivity contribution in [2.45, 2.75) is 12.7 Å². The number of pyridine rings is 1. The summed E-state index contributed by atoms with van der Waals surface area (Å²) in [6.07, 6.45) is 0.427. The van der Waals surface area contributed by atoms with Crippen LogP contribution >= 0.6 is 23.2 Å². The minimum absolute atomic E-state index is 0.00178. The monoisotopic (exact) mass is 373 g/mol. The van der Waals surface area contributed by atoms with Gasteiger partial charge in [0.25, 0.3) is 0 Å². The first kappa shape index (κ1) is 16.7. The number of hydrogen-bond donors (Lipinski definition) is 0. The van der Waals surface area contributed by atoms with Gasteiger partial charge in [-0.15, -0.1) is 0 Å². The summed E-state index contributed by atoms with van der Waals surface area (Å²) in [5, 5.41) is 0.566. The summed E-state index contributed by atoms with van der Waals surface area (Å²) < 4.78 is 40.3. The SMILES string of the molecule is FC(F)(F)c1cn(Cc2ncc(Cl)cn2)c(-c2ccc(Cl)nc2)n1. The lowest BCUT2D eigenvalue weighted by Gasteiger charge is -2.06. The summed E-state index contributed by atoms with van der Waals surface area (Å²) in [6.45, 7) is -0.00178. The van der Waals surface area contributed by atoms with Crippen molar-refractivity contribution < 1.29 is 13.2 Å². The standard InChI is InChI=1S/C14H8Cl2F3N5/c15-9-4-21-12(22-5-9)7-24-6-10(14(17,18)19)23-13(24)8-1-2-11(16)20-3-8/h1-6H,7H2. The minimum atomic E-state index is -4.57. The van der Waals surface area contributed by atoms with Gasteiger partial charge < -0.3 is 4.57 Å². The molecule has 0 radical (unpaired) electrons. The highest BCUT2D eigenvalue weighted by atomic mass is 35.5. The lowest BCUT2D eigenvalue weighted by atomic mass is 10.2. The van der Waals surface area contributed by atoms with E-state index in [0.717, 1.165) is 6.20 Å². The van der Waals surface area contributed by atoms with E-state index >= 15 is 0 Å². The van der Waals surface area contributed by atoms with Gasteiger partial charge in [-0.1, -0.05) is 23.2 Å². The van der Waals surface area contributed by atoms with Crippen molar-refractivity contribution in [2.75, 3.05) is 0 Å². The van der Waals surface area contributed by atoms with E-state index in [1.165, 1.54) is 35.3 Å². The van der Waals surface area contributed by atoms with Crippen LogP contribution in [0.2, 0.25) is 10.2 Å². The van der Waals surface area contributed by atoms with Crippen molar-refractivity contribution in [1.82, 2.24) is 24.5 Å². The van der Waals surface area contributed by atoms with Crippen LogP contribution in [0.25, 0.3) is 11.4 Å². The fourth-order valence-corrected chi connectivity index (χ4v) is 2.19. The Morgan fingerprint density at radius 3 is 2.29 bits per heavy atom. The number of aromatic nitrogens is 5. The van der Waals surface area contributed by atoms with Gasteiger partial charge in [-0.3, -0.25) is 0 Å². The van der Waals surface area contributed by atoms with Crippen molar-refractivity contribution in [3.05, 3.63) is 58.6 Å². The lowest BCUT2D eigenvalue weighted by Crippen LogP contribution is -2.06. The fraction of sp³-hybridized carbons (Fsp3) is 0.143. The normalized spacial score (nSPS) is 11.7. The largest absolute Gasteiger partial charge is 0.434 e. The molecule has 0 aliphatic heterocycles. The van der Waals surface area contributed by atoms with Crippen LogP contribution in [0.3, 0.4) is 0 Å². The molecule has 0 aliphatic rings. The molecule has 124 valence electrons. The first-order valence-electron chi connectivity index (χ1n) is 6.55. The zero-order chi connectivity index (χ0) is 17.3. The number of imidazole rings is 1. The zero-order valence-electron chi connectivity index (χ0n) is 11.8. The van der Waals surface area contributed by atoms with E-state index < -0.39 is 11.9 Å². The molecule has 5 nitrogen and oxygen atoms in total. The second-order valence-electron chi connectivity index (χ2n) is 4.76. The maximum atomic E-state index is 13.0. The van der Waals surface area contributed by atoms with E-state index in [1.54, 1.807) is 0 Å². The average Bonchev–Trinajstić information content (AvgIpc) is 2.94. The Bertz CT molecular complexity index is 844. The maximum absolute atomic E-state index is 13.0. The van der Waals surface area contributed by atoms with Crippen molar-refractivity contribution in [3.8, 4) is 11.4 Å². The number of hydrogen-bond acceptors (Lipinski definition) is 4. The molecule has 0 aliphatic carbocycles. The smallest absolute Gasteiger partial charge is 0.323 e. The van der Waals surface area contributed by atoms with Crippen molar-refractivity contribution in [2.24, 2.45) is 0 Å². The van der Waals surface area contributed by atoms with E-state index in [-0.39, 0.29) is 17.5 Å². The first-order valence-corrected chi connectivity index (χ1v) is 7.31. The highest BCUT2D eigenvalue weighted by molar-refractivity contribution is 6.30. The van der Waals surface area contributed by atoms with Gasteiger partial charge in [0.15, 0.2) is 5.69 Å². The molecule has 0 spiro atoms. The third kappa shape index (κ3) is 3.65. The van der Waals surface area contributed by atoms with E-state index in [1.807, 2.05) is 0 Å². The lowest BCUT2D eigenvalue weighted by molar-refractivity contribution is -0.140. The summed E-state index contributed by atoms with van der Waals surface area (Å²) in [6, 6.07) is 3.01. The van der Waals surface area contributed by atoms with E-state index in [9.17, 15) is 13.2 Å². The van der Waals surface area contributed by atoms with Crippen LogP contribution in [0.4, 0.5) is 13.2 Å². The molecule has 0 amide bonds. The van der Waals surface area contributed by atoms with Crippen molar-refractivity contribution in [3.63, 3.8) is 0 Å². The van der Waals surface area contributed by atoms with E-state index in [2.05, 4.69) is 19.9 Å². The van der Waals surface area contributed by atoms with Gasteiger partial charge in [0, 0.05) is 30.4 Å². The molecule has 0 fully saturated rings. The summed E-state index contributed by atoms with van der Waals surface area (Å²) >= 11 is 11.4. The van der Waals surface area contributed by atoms with Gasteiger partial charge >= 0.3 is 6.18 Å². The Labute approximate surface area is 144 Å². The van der Waals surface area contributed by atoms with Gasteiger partial charge in [-0.2, -0.15) is 13.2 Å². The quantitative estimate of drug-likeness (QED) is 0.648. The van der Waals surface area contributed by atoms with Crippen LogP contribution in [0, 0.1) is 0 Å². The molecular formula is C14H8Cl2F3N5. The summed E-state index contributed by atoms with van der Waals surface area (Å²) in [5.41, 5.74) is -0.620. The van der Waals surface area contributed by atoms with Crippen LogP contribution in [-0.4, -0.2) is 24.5 Å². The van der Waals surface area contributed by atoms with Gasteiger partial charge in [0.1, 0.15) is 16.8 Å². The first-order chi connectivity index (χ1) is 11.3. The van der Waals surface area contributed by atoms with Crippen LogP contribution in [-0.2, 0) is 12.7 Å².